The summed E-state index contributed by atoms with van der Waals surface area (Å²) in [4.78, 5) is 24.5. The van der Waals surface area contributed by atoms with E-state index in [1.54, 1.807) is 20.8 Å². The molecule has 0 fully saturated rings. The SMILES string of the molecule is CC1=C(C)C(=O)C(CCCn2oc3ccccc32)=C(C)C1=O. The zero-order valence-electron chi connectivity index (χ0n) is 13.1. The molecule has 1 aliphatic carbocycles. The third-order valence-corrected chi connectivity index (χ3v) is 4.44. The van der Waals surface area contributed by atoms with Crippen LogP contribution in [-0.2, 0) is 16.1 Å². The van der Waals surface area contributed by atoms with Gasteiger partial charge in [-0.05, 0) is 45.7 Å². The van der Waals surface area contributed by atoms with Crippen molar-refractivity contribution in [1.82, 2.24) is 4.74 Å². The molecule has 0 saturated heterocycles. The van der Waals surface area contributed by atoms with E-state index in [0.29, 0.717) is 35.3 Å². The first-order valence-electron chi connectivity index (χ1n) is 7.52. The summed E-state index contributed by atoms with van der Waals surface area (Å²) in [6.45, 7) is 5.91. The second-order valence-corrected chi connectivity index (χ2v) is 5.78. The second kappa shape index (κ2) is 5.44. The van der Waals surface area contributed by atoms with Gasteiger partial charge in [-0.3, -0.25) is 9.59 Å². The number of aromatic nitrogens is 1. The summed E-state index contributed by atoms with van der Waals surface area (Å²) in [5.41, 5.74) is 4.37. The van der Waals surface area contributed by atoms with Crippen LogP contribution in [0.25, 0.3) is 11.1 Å². The van der Waals surface area contributed by atoms with Crippen molar-refractivity contribution in [1.29, 1.82) is 0 Å². The van der Waals surface area contributed by atoms with Crippen molar-refractivity contribution in [3.8, 4) is 0 Å². The first-order chi connectivity index (χ1) is 10.5. The summed E-state index contributed by atoms with van der Waals surface area (Å²) >= 11 is 0. The number of fused-ring (bicyclic) bond motifs is 1. The lowest BCUT2D eigenvalue weighted by molar-refractivity contribution is -0.116. The normalized spacial score (nSPS) is 16.3. The average molecular weight is 297 g/mol. The highest BCUT2D eigenvalue weighted by Gasteiger charge is 2.27. The number of para-hydroxylation sites is 2. The van der Waals surface area contributed by atoms with Gasteiger partial charge in [-0.15, -0.1) is 0 Å². The number of hydrogen-bond acceptors (Lipinski definition) is 3. The minimum absolute atomic E-state index is 0.00218. The Morgan fingerprint density at radius 1 is 0.955 bits per heavy atom. The predicted molar refractivity (Wildman–Crippen MR) is 84.5 cm³/mol. The molecule has 0 saturated carbocycles. The molecule has 114 valence electrons. The van der Waals surface area contributed by atoms with E-state index in [2.05, 4.69) is 0 Å². The van der Waals surface area contributed by atoms with Gasteiger partial charge in [0.15, 0.2) is 17.1 Å². The molecule has 0 unspecified atom stereocenters. The van der Waals surface area contributed by atoms with E-state index in [9.17, 15) is 9.59 Å². The van der Waals surface area contributed by atoms with Crippen molar-refractivity contribution in [2.24, 2.45) is 0 Å². The van der Waals surface area contributed by atoms with Crippen molar-refractivity contribution in [3.05, 3.63) is 46.6 Å². The molecule has 4 nitrogen and oxygen atoms in total. The summed E-state index contributed by atoms with van der Waals surface area (Å²) < 4.78 is 7.37. The Kier molecular flexibility index (Phi) is 3.61. The summed E-state index contributed by atoms with van der Waals surface area (Å²) in [5.74, 6) is 0.0113. The topological polar surface area (TPSA) is 52.2 Å². The monoisotopic (exact) mass is 297 g/mol. The largest absolute Gasteiger partial charge is 0.377 e. The number of benzene rings is 1. The van der Waals surface area contributed by atoms with Gasteiger partial charge < -0.3 is 4.52 Å². The Labute approximate surface area is 129 Å². The molecule has 1 aromatic carbocycles. The van der Waals surface area contributed by atoms with E-state index in [1.165, 1.54) is 0 Å². The van der Waals surface area contributed by atoms with Crippen molar-refractivity contribution >= 4 is 22.7 Å². The fourth-order valence-corrected chi connectivity index (χ4v) is 2.89. The van der Waals surface area contributed by atoms with Gasteiger partial charge in [-0.2, -0.15) is 0 Å². The summed E-state index contributed by atoms with van der Waals surface area (Å²) in [7, 11) is 0. The highest BCUT2D eigenvalue weighted by atomic mass is 16.5. The molecule has 22 heavy (non-hydrogen) atoms. The minimum Gasteiger partial charge on any atom is -0.377 e. The van der Waals surface area contributed by atoms with E-state index in [4.69, 9.17) is 4.52 Å². The van der Waals surface area contributed by atoms with Crippen molar-refractivity contribution < 1.29 is 14.1 Å². The van der Waals surface area contributed by atoms with E-state index >= 15 is 0 Å². The maximum absolute atomic E-state index is 12.3. The van der Waals surface area contributed by atoms with Crippen LogP contribution in [-0.4, -0.2) is 16.3 Å². The fourth-order valence-electron chi connectivity index (χ4n) is 2.89. The zero-order chi connectivity index (χ0) is 15.9. The number of allylic oxidation sites excluding steroid dienone is 4. The summed E-state index contributed by atoms with van der Waals surface area (Å²) in [6.07, 6.45) is 1.37. The predicted octanol–water partition coefficient (Wildman–Crippen LogP) is 3.82. The zero-order valence-corrected chi connectivity index (χ0v) is 13.1. The molecule has 0 spiro atoms. The van der Waals surface area contributed by atoms with Gasteiger partial charge in [0.25, 0.3) is 0 Å². The molecular weight excluding hydrogens is 278 g/mol. The molecule has 1 heterocycles. The van der Waals surface area contributed by atoms with Crippen molar-refractivity contribution in [2.45, 2.75) is 40.2 Å². The van der Waals surface area contributed by atoms with Gasteiger partial charge in [0.05, 0.1) is 6.54 Å². The number of carbonyl (C=O) groups excluding carboxylic acids is 2. The molecule has 0 atom stereocenters. The molecule has 1 aliphatic rings. The number of Topliss-reactive ketones (excluding diaryl/α,β-unsaturated/α-hetero) is 2. The van der Waals surface area contributed by atoms with Gasteiger partial charge in [0.1, 0.15) is 5.52 Å². The lowest BCUT2D eigenvalue weighted by atomic mass is 9.84. The molecule has 0 aliphatic heterocycles. The molecule has 0 radical (unpaired) electrons. The van der Waals surface area contributed by atoms with Crippen LogP contribution in [0.15, 0.2) is 51.1 Å². The van der Waals surface area contributed by atoms with Crippen LogP contribution in [0.2, 0.25) is 0 Å². The van der Waals surface area contributed by atoms with Crippen LogP contribution in [0.5, 0.6) is 0 Å². The Balaban J connectivity index is 1.69. The highest BCUT2D eigenvalue weighted by molar-refractivity contribution is 6.24. The van der Waals surface area contributed by atoms with Crippen LogP contribution >= 0.6 is 0 Å². The molecule has 0 amide bonds. The number of nitrogens with zero attached hydrogens (tertiary/aromatic N) is 1. The van der Waals surface area contributed by atoms with Gasteiger partial charge in [-0.25, -0.2) is 4.74 Å². The number of carbonyl (C=O) groups is 2. The molecule has 4 heteroatoms. The van der Waals surface area contributed by atoms with Crippen LogP contribution in [0.4, 0.5) is 0 Å². The third kappa shape index (κ3) is 2.25. The van der Waals surface area contributed by atoms with Gasteiger partial charge in [0.2, 0.25) is 0 Å². The third-order valence-electron chi connectivity index (χ3n) is 4.44. The maximum atomic E-state index is 12.3. The van der Waals surface area contributed by atoms with Crippen LogP contribution in [0, 0.1) is 0 Å². The fraction of sp³-hybridized carbons (Fsp3) is 0.333. The first kappa shape index (κ1) is 14.6. The Bertz CT molecular complexity index is 830. The smallest absolute Gasteiger partial charge is 0.185 e. The molecule has 2 aromatic rings. The molecule has 1 aromatic heterocycles. The lowest BCUT2D eigenvalue weighted by Crippen LogP contribution is -2.21. The first-order valence-corrected chi connectivity index (χ1v) is 7.52. The molecule has 3 rings (SSSR count). The Hall–Kier alpha value is -2.36. The average Bonchev–Trinajstić information content (AvgIpc) is 2.50. The van der Waals surface area contributed by atoms with Gasteiger partial charge >= 0.3 is 0 Å². The van der Waals surface area contributed by atoms with E-state index < -0.39 is 0 Å². The minimum atomic E-state index is -0.00218. The summed E-state index contributed by atoms with van der Waals surface area (Å²) in [6, 6.07) is 7.85. The van der Waals surface area contributed by atoms with Crippen molar-refractivity contribution in [2.75, 3.05) is 0 Å². The van der Waals surface area contributed by atoms with Crippen LogP contribution < -0.4 is 0 Å². The molecule has 0 bridgehead atoms. The van der Waals surface area contributed by atoms with Gasteiger partial charge in [-0.1, -0.05) is 12.1 Å². The molecule has 0 N–H and O–H groups in total. The second-order valence-electron chi connectivity index (χ2n) is 5.78. The van der Waals surface area contributed by atoms with Crippen LogP contribution in [0.1, 0.15) is 33.6 Å². The van der Waals surface area contributed by atoms with Crippen molar-refractivity contribution in [3.63, 3.8) is 0 Å². The Morgan fingerprint density at radius 3 is 2.36 bits per heavy atom. The van der Waals surface area contributed by atoms with E-state index in [0.717, 1.165) is 17.5 Å². The number of ketones is 2. The molecular formula is C18H19NO3. The number of rotatable bonds is 4. The quantitative estimate of drug-likeness (QED) is 0.806. The lowest BCUT2D eigenvalue weighted by Gasteiger charge is -2.19. The van der Waals surface area contributed by atoms with Gasteiger partial charge in [0, 0.05) is 22.3 Å². The highest BCUT2D eigenvalue weighted by Crippen LogP contribution is 2.27. The number of aryl methyl sites for hydroxylation is 1. The van der Waals surface area contributed by atoms with E-state index in [1.807, 2.05) is 29.0 Å². The Morgan fingerprint density at radius 2 is 1.64 bits per heavy atom. The maximum Gasteiger partial charge on any atom is 0.185 e. The number of hydrogen-bond donors (Lipinski definition) is 0. The van der Waals surface area contributed by atoms with Crippen LogP contribution in [0.3, 0.4) is 0 Å². The standard InChI is InChI=1S/C18H19NO3/c1-11-12(2)18(21)14(13(3)17(11)20)7-6-10-19-15-8-4-5-9-16(15)22-19/h4-5,8-9H,6-7,10H2,1-3H3. The van der Waals surface area contributed by atoms with E-state index in [-0.39, 0.29) is 11.6 Å². The summed E-state index contributed by atoms with van der Waals surface area (Å²) in [5, 5.41) is 0.